The van der Waals surface area contributed by atoms with Crippen molar-refractivity contribution in [3.63, 3.8) is 0 Å². The lowest BCUT2D eigenvalue weighted by Crippen LogP contribution is -2.17. The minimum atomic E-state index is -0.336. The lowest BCUT2D eigenvalue weighted by molar-refractivity contribution is 0.0955. The van der Waals surface area contributed by atoms with Crippen LogP contribution in [-0.2, 0) is 6.61 Å². The molecular weight excluding hydrogens is 476 g/mol. The van der Waals surface area contributed by atoms with E-state index in [0.29, 0.717) is 17.9 Å². The first kappa shape index (κ1) is 24.5. The van der Waals surface area contributed by atoms with Crippen LogP contribution < -0.4 is 14.9 Å². The molecule has 5 rings (SSSR count). The summed E-state index contributed by atoms with van der Waals surface area (Å²) in [6, 6.07) is 34.5. The quantitative estimate of drug-likeness (QED) is 0.201. The van der Waals surface area contributed by atoms with Gasteiger partial charge in [0.15, 0.2) is 0 Å². The number of para-hydroxylation sites is 1. The van der Waals surface area contributed by atoms with E-state index >= 15 is 0 Å². The van der Waals surface area contributed by atoms with Gasteiger partial charge in [-0.25, -0.2) is 10.1 Å². The standard InChI is InChI=1S/C31H26N4O3/c1-37-29-14-8-11-25(19-29)31(36)33-32-20-26-21-35(27-12-6-3-7-13-27)34-30(26)24-15-17-28(18-16-24)38-22-23-9-4-2-5-10-23/h2-21H,22H2,1H3,(H,33,36)/b32-20+. The fraction of sp³-hybridized carbons (Fsp3) is 0.0645. The molecule has 0 aliphatic carbocycles. The van der Waals surface area contributed by atoms with Crippen molar-refractivity contribution in [1.29, 1.82) is 0 Å². The topological polar surface area (TPSA) is 77.7 Å². The Balaban J connectivity index is 1.37. The number of ether oxygens (including phenoxy) is 2. The van der Waals surface area contributed by atoms with Crippen molar-refractivity contribution in [2.75, 3.05) is 7.11 Å². The molecule has 0 unspecified atom stereocenters. The smallest absolute Gasteiger partial charge is 0.271 e. The second-order valence-electron chi connectivity index (χ2n) is 8.44. The van der Waals surface area contributed by atoms with Crippen molar-refractivity contribution in [3.8, 4) is 28.4 Å². The summed E-state index contributed by atoms with van der Waals surface area (Å²) in [6.07, 6.45) is 3.48. The van der Waals surface area contributed by atoms with Gasteiger partial charge in [-0.15, -0.1) is 0 Å². The zero-order valence-electron chi connectivity index (χ0n) is 20.8. The molecular formula is C31H26N4O3. The Morgan fingerprint density at radius 1 is 0.895 bits per heavy atom. The molecule has 7 heteroatoms. The lowest BCUT2D eigenvalue weighted by atomic mass is 10.1. The highest BCUT2D eigenvalue weighted by Crippen LogP contribution is 2.25. The summed E-state index contributed by atoms with van der Waals surface area (Å²) in [5.74, 6) is 1.03. The predicted octanol–water partition coefficient (Wildman–Crippen LogP) is 5.89. The van der Waals surface area contributed by atoms with Crippen LogP contribution in [0.25, 0.3) is 16.9 Å². The molecule has 0 radical (unpaired) electrons. The average molecular weight is 503 g/mol. The van der Waals surface area contributed by atoms with Gasteiger partial charge in [-0.3, -0.25) is 4.79 Å². The molecule has 4 aromatic carbocycles. The van der Waals surface area contributed by atoms with Crippen molar-refractivity contribution in [2.24, 2.45) is 5.10 Å². The van der Waals surface area contributed by atoms with Gasteiger partial charge in [-0.05, 0) is 60.2 Å². The van der Waals surface area contributed by atoms with E-state index in [1.807, 2.05) is 91.1 Å². The van der Waals surface area contributed by atoms with E-state index in [9.17, 15) is 4.79 Å². The number of hydrazone groups is 1. The second kappa shape index (κ2) is 11.7. The molecule has 1 amide bonds. The SMILES string of the molecule is COc1cccc(C(=O)N/N=C/c2cn(-c3ccccc3)nc2-c2ccc(OCc3ccccc3)cc2)c1. The first-order chi connectivity index (χ1) is 18.7. The summed E-state index contributed by atoms with van der Waals surface area (Å²) in [5.41, 5.74) is 7.42. The van der Waals surface area contributed by atoms with Crippen molar-refractivity contribution in [3.05, 3.63) is 132 Å². The minimum Gasteiger partial charge on any atom is -0.497 e. The van der Waals surface area contributed by atoms with Gasteiger partial charge in [0, 0.05) is 22.9 Å². The Morgan fingerprint density at radius 2 is 1.63 bits per heavy atom. The van der Waals surface area contributed by atoms with Gasteiger partial charge in [-0.1, -0.05) is 54.6 Å². The van der Waals surface area contributed by atoms with Crippen LogP contribution in [-0.4, -0.2) is 29.0 Å². The van der Waals surface area contributed by atoms with E-state index < -0.39 is 0 Å². The Labute approximate surface area is 221 Å². The van der Waals surface area contributed by atoms with E-state index in [0.717, 1.165) is 33.8 Å². The molecule has 7 nitrogen and oxygen atoms in total. The monoisotopic (exact) mass is 502 g/mol. The number of hydrogen-bond donors (Lipinski definition) is 1. The van der Waals surface area contributed by atoms with E-state index in [4.69, 9.17) is 14.6 Å². The average Bonchev–Trinajstić information content (AvgIpc) is 3.41. The van der Waals surface area contributed by atoms with Gasteiger partial charge < -0.3 is 9.47 Å². The molecule has 1 aromatic heterocycles. The highest BCUT2D eigenvalue weighted by Gasteiger charge is 2.12. The van der Waals surface area contributed by atoms with Crippen LogP contribution >= 0.6 is 0 Å². The summed E-state index contributed by atoms with van der Waals surface area (Å²) in [5, 5.41) is 9.01. The van der Waals surface area contributed by atoms with Gasteiger partial charge in [0.2, 0.25) is 0 Å². The number of amides is 1. The minimum absolute atomic E-state index is 0.336. The Bertz CT molecular complexity index is 1530. The molecule has 0 aliphatic heterocycles. The Morgan fingerprint density at radius 3 is 2.37 bits per heavy atom. The van der Waals surface area contributed by atoms with Gasteiger partial charge in [0.05, 0.1) is 19.0 Å². The summed E-state index contributed by atoms with van der Waals surface area (Å²) in [7, 11) is 1.56. The van der Waals surface area contributed by atoms with Crippen LogP contribution in [0.5, 0.6) is 11.5 Å². The van der Waals surface area contributed by atoms with Crippen LogP contribution in [0.2, 0.25) is 0 Å². The molecule has 0 bridgehead atoms. The first-order valence-corrected chi connectivity index (χ1v) is 12.1. The fourth-order valence-corrected chi connectivity index (χ4v) is 3.86. The number of aromatic nitrogens is 2. The molecule has 5 aromatic rings. The molecule has 0 aliphatic rings. The number of carbonyl (C=O) groups excluding carboxylic acids is 1. The van der Waals surface area contributed by atoms with Gasteiger partial charge in [0.1, 0.15) is 23.8 Å². The molecule has 1 N–H and O–H groups in total. The molecule has 0 spiro atoms. The maximum Gasteiger partial charge on any atom is 0.271 e. The Kier molecular flexibility index (Phi) is 7.56. The predicted molar refractivity (Wildman–Crippen MR) is 148 cm³/mol. The number of hydrogen-bond acceptors (Lipinski definition) is 5. The summed E-state index contributed by atoms with van der Waals surface area (Å²) in [4.78, 5) is 12.6. The summed E-state index contributed by atoms with van der Waals surface area (Å²) < 4.78 is 12.9. The normalized spacial score (nSPS) is 10.9. The zero-order valence-corrected chi connectivity index (χ0v) is 20.8. The maximum atomic E-state index is 12.6. The van der Waals surface area contributed by atoms with Gasteiger partial charge in [-0.2, -0.15) is 10.2 Å². The van der Waals surface area contributed by atoms with E-state index in [1.165, 1.54) is 0 Å². The van der Waals surface area contributed by atoms with E-state index in [2.05, 4.69) is 10.5 Å². The van der Waals surface area contributed by atoms with Crippen LogP contribution in [0, 0.1) is 0 Å². The van der Waals surface area contributed by atoms with E-state index in [1.54, 1.807) is 42.3 Å². The van der Waals surface area contributed by atoms with Gasteiger partial charge >= 0.3 is 0 Å². The fourth-order valence-electron chi connectivity index (χ4n) is 3.86. The molecule has 1 heterocycles. The van der Waals surface area contributed by atoms with Crippen molar-refractivity contribution in [1.82, 2.24) is 15.2 Å². The number of rotatable bonds is 9. The molecule has 0 fully saturated rings. The summed E-state index contributed by atoms with van der Waals surface area (Å²) in [6.45, 7) is 0.494. The summed E-state index contributed by atoms with van der Waals surface area (Å²) >= 11 is 0. The molecule has 0 saturated heterocycles. The molecule has 38 heavy (non-hydrogen) atoms. The van der Waals surface area contributed by atoms with Crippen LogP contribution in [0.3, 0.4) is 0 Å². The number of methoxy groups -OCH3 is 1. The second-order valence-corrected chi connectivity index (χ2v) is 8.44. The highest BCUT2D eigenvalue weighted by atomic mass is 16.5. The largest absolute Gasteiger partial charge is 0.497 e. The van der Waals surface area contributed by atoms with Crippen LogP contribution in [0.1, 0.15) is 21.5 Å². The van der Waals surface area contributed by atoms with E-state index in [-0.39, 0.29) is 5.91 Å². The van der Waals surface area contributed by atoms with Crippen molar-refractivity contribution < 1.29 is 14.3 Å². The van der Waals surface area contributed by atoms with Crippen molar-refractivity contribution >= 4 is 12.1 Å². The number of carbonyl (C=O) groups is 1. The third-order valence-corrected chi connectivity index (χ3v) is 5.84. The van der Waals surface area contributed by atoms with Crippen LogP contribution in [0.15, 0.2) is 120 Å². The third-order valence-electron chi connectivity index (χ3n) is 5.84. The highest BCUT2D eigenvalue weighted by molar-refractivity contribution is 5.96. The third kappa shape index (κ3) is 5.96. The molecule has 188 valence electrons. The number of benzene rings is 4. The lowest BCUT2D eigenvalue weighted by Gasteiger charge is -2.07. The van der Waals surface area contributed by atoms with Crippen LogP contribution in [0.4, 0.5) is 0 Å². The molecule has 0 atom stereocenters. The number of nitrogens with one attached hydrogen (secondary N) is 1. The maximum absolute atomic E-state index is 12.6. The molecule has 0 saturated carbocycles. The zero-order chi connectivity index (χ0) is 26.2. The number of nitrogens with zero attached hydrogens (tertiary/aromatic N) is 3. The van der Waals surface area contributed by atoms with Crippen molar-refractivity contribution in [2.45, 2.75) is 6.61 Å². The Hall–Kier alpha value is -5.17. The first-order valence-electron chi connectivity index (χ1n) is 12.1. The van der Waals surface area contributed by atoms with Gasteiger partial charge in [0.25, 0.3) is 5.91 Å².